The SMILES string of the molecule is CCNC(C)c1ccc2cc(Br)ccc2c1. The third-order valence-electron chi connectivity index (χ3n) is 2.84. The van der Waals surface area contributed by atoms with E-state index in [1.165, 1.54) is 16.3 Å². The molecule has 1 atom stereocenters. The van der Waals surface area contributed by atoms with Crippen LogP contribution in [-0.2, 0) is 0 Å². The van der Waals surface area contributed by atoms with E-state index in [0.717, 1.165) is 11.0 Å². The lowest BCUT2D eigenvalue weighted by Gasteiger charge is -2.13. The zero-order chi connectivity index (χ0) is 11.5. The van der Waals surface area contributed by atoms with Crippen LogP contribution in [-0.4, -0.2) is 6.54 Å². The van der Waals surface area contributed by atoms with Crippen LogP contribution in [0.15, 0.2) is 40.9 Å². The predicted molar refractivity (Wildman–Crippen MR) is 73.7 cm³/mol. The fraction of sp³-hybridized carbons (Fsp3) is 0.286. The summed E-state index contributed by atoms with van der Waals surface area (Å²) < 4.78 is 1.13. The molecule has 2 aromatic rings. The van der Waals surface area contributed by atoms with Crippen molar-refractivity contribution in [2.45, 2.75) is 19.9 Å². The Morgan fingerprint density at radius 3 is 2.56 bits per heavy atom. The number of halogens is 1. The van der Waals surface area contributed by atoms with Crippen molar-refractivity contribution in [1.82, 2.24) is 5.32 Å². The highest BCUT2D eigenvalue weighted by molar-refractivity contribution is 9.10. The molecule has 0 aromatic heterocycles. The van der Waals surface area contributed by atoms with E-state index in [9.17, 15) is 0 Å². The zero-order valence-electron chi connectivity index (χ0n) is 9.63. The lowest BCUT2D eigenvalue weighted by Crippen LogP contribution is -2.17. The quantitative estimate of drug-likeness (QED) is 0.884. The number of hydrogen-bond acceptors (Lipinski definition) is 1. The molecular weight excluding hydrogens is 262 g/mol. The molecule has 2 aromatic carbocycles. The molecule has 0 saturated heterocycles. The van der Waals surface area contributed by atoms with Crippen molar-refractivity contribution in [1.29, 1.82) is 0 Å². The zero-order valence-corrected chi connectivity index (χ0v) is 11.2. The van der Waals surface area contributed by atoms with Gasteiger partial charge in [0.25, 0.3) is 0 Å². The fourth-order valence-electron chi connectivity index (χ4n) is 1.93. The van der Waals surface area contributed by atoms with Gasteiger partial charge in [-0.2, -0.15) is 0 Å². The average molecular weight is 278 g/mol. The topological polar surface area (TPSA) is 12.0 Å². The van der Waals surface area contributed by atoms with Crippen LogP contribution in [0, 0.1) is 0 Å². The molecule has 2 heteroatoms. The third-order valence-corrected chi connectivity index (χ3v) is 3.33. The second-order valence-corrected chi connectivity index (χ2v) is 4.95. The van der Waals surface area contributed by atoms with Crippen molar-refractivity contribution < 1.29 is 0 Å². The first kappa shape index (κ1) is 11.6. The molecule has 0 spiro atoms. The summed E-state index contributed by atoms with van der Waals surface area (Å²) in [5, 5.41) is 6.00. The van der Waals surface area contributed by atoms with Crippen molar-refractivity contribution in [3.8, 4) is 0 Å². The molecule has 0 saturated carbocycles. The lowest BCUT2D eigenvalue weighted by atomic mass is 10.0. The second-order valence-electron chi connectivity index (χ2n) is 4.03. The number of benzene rings is 2. The van der Waals surface area contributed by atoms with Gasteiger partial charge in [-0.1, -0.05) is 41.1 Å². The molecule has 0 aliphatic heterocycles. The van der Waals surface area contributed by atoms with Crippen LogP contribution in [0.3, 0.4) is 0 Å². The van der Waals surface area contributed by atoms with Crippen LogP contribution in [0.5, 0.6) is 0 Å². The minimum absolute atomic E-state index is 0.415. The van der Waals surface area contributed by atoms with Gasteiger partial charge in [0.2, 0.25) is 0 Å². The summed E-state index contributed by atoms with van der Waals surface area (Å²) in [6.07, 6.45) is 0. The van der Waals surface area contributed by atoms with Crippen LogP contribution in [0.25, 0.3) is 10.8 Å². The van der Waals surface area contributed by atoms with Gasteiger partial charge in [-0.15, -0.1) is 0 Å². The molecule has 0 fully saturated rings. The van der Waals surface area contributed by atoms with E-state index in [1.807, 2.05) is 0 Å². The van der Waals surface area contributed by atoms with Crippen molar-refractivity contribution in [3.63, 3.8) is 0 Å². The Balaban J connectivity index is 2.40. The highest BCUT2D eigenvalue weighted by Crippen LogP contribution is 2.23. The van der Waals surface area contributed by atoms with Crippen LogP contribution >= 0.6 is 15.9 Å². The van der Waals surface area contributed by atoms with Gasteiger partial charge in [-0.25, -0.2) is 0 Å². The maximum absolute atomic E-state index is 3.49. The fourth-order valence-corrected chi connectivity index (χ4v) is 2.31. The Bertz CT molecular complexity index is 493. The van der Waals surface area contributed by atoms with Crippen LogP contribution < -0.4 is 5.32 Å². The number of hydrogen-bond donors (Lipinski definition) is 1. The molecule has 0 radical (unpaired) electrons. The summed E-state index contributed by atoms with van der Waals surface area (Å²) in [5.74, 6) is 0. The van der Waals surface area contributed by atoms with Crippen molar-refractivity contribution in [3.05, 3.63) is 46.4 Å². The first-order chi connectivity index (χ1) is 7.70. The summed E-state index contributed by atoms with van der Waals surface area (Å²) in [5.41, 5.74) is 1.34. The van der Waals surface area contributed by atoms with E-state index in [1.54, 1.807) is 0 Å². The average Bonchev–Trinajstić information content (AvgIpc) is 2.28. The number of nitrogens with one attached hydrogen (secondary N) is 1. The van der Waals surface area contributed by atoms with Gasteiger partial charge < -0.3 is 5.32 Å². The molecule has 0 heterocycles. The Morgan fingerprint density at radius 2 is 1.81 bits per heavy atom. The molecule has 2 rings (SSSR count). The van der Waals surface area contributed by atoms with E-state index in [2.05, 4.69) is 71.5 Å². The molecular formula is C14H16BrN. The highest BCUT2D eigenvalue weighted by Gasteiger charge is 2.04. The van der Waals surface area contributed by atoms with Crippen LogP contribution in [0.4, 0.5) is 0 Å². The van der Waals surface area contributed by atoms with Gasteiger partial charge in [-0.05, 0) is 48.0 Å². The Labute approximate surface area is 105 Å². The number of fused-ring (bicyclic) bond motifs is 1. The first-order valence-electron chi connectivity index (χ1n) is 5.63. The first-order valence-corrected chi connectivity index (χ1v) is 6.42. The van der Waals surface area contributed by atoms with E-state index < -0.39 is 0 Å². The Kier molecular flexibility index (Phi) is 3.62. The molecule has 0 aliphatic carbocycles. The van der Waals surface area contributed by atoms with Gasteiger partial charge in [0.15, 0.2) is 0 Å². The predicted octanol–water partition coefficient (Wildman–Crippen LogP) is 4.27. The van der Waals surface area contributed by atoms with E-state index in [0.29, 0.717) is 6.04 Å². The minimum Gasteiger partial charge on any atom is -0.310 e. The molecule has 1 N–H and O–H groups in total. The van der Waals surface area contributed by atoms with Crippen molar-refractivity contribution >= 4 is 26.7 Å². The molecule has 1 unspecified atom stereocenters. The molecule has 0 aliphatic rings. The molecule has 0 bridgehead atoms. The smallest absolute Gasteiger partial charge is 0.0291 e. The Hall–Kier alpha value is -0.860. The van der Waals surface area contributed by atoms with Gasteiger partial charge in [-0.3, -0.25) is 0 Å². The number of rotatable bonds is 3. The van der Waals surface area contributed by atoms with Crippen LogP contribution in [0.2, 0.25) is 0 Å². The Morgan fingerprint density at radius 1 is 1.12 bits per heavy atom. The molecule has 1 nitrogen and oxygen atoms in total. The van der Waals surface area contributed by atoms with E-state index in [4.69, 9.17) is 0 Å². The maximum Gasteiger partial charge on any atom is 0.0291 e. The largest absolute Gasteiger partial charge is 0.310 e. The summed E-state index contributed by atoms with van der Waals surface area (Å²) in [6.45, 7) is 5.33. The molecule has 84 valence electrons. The monoisotopic (exact) mass is 277 g/mol. The second kappa shape index (κ2) is 4.98. The van der Waals surface area contributed by atoms with Gasteiger partial charge in [0.05, 0.1) is 0 Å². The normalized spacial score (nSPS) is 12.9. The molecule has 0 amide bonds. The standard InChI is InChI=1S/C14H16BrN/c1-3-16-10(2)11-4-5-13-9-14(15)7-6-12(13)8-11/h4-10,16H,3H2,1-2H3. The maximum atomic E-state index is 3.49. The lowest BCUT2D eigenvalue weighted by molar-refractivity contribution is 0.599. The minimum atomic E-state index is 0.415. The van der Waals surface area contributed by atoms with Crippen LogP contribution in [0.1, 0.15) is 25.5 Å². The van der Waals surface area contributed by atoms with Gasteiger partial charge in [0, 0.05) is 10.5 Å². The van der Waals surface area contributed by atoms with Crippen molar-refractivity contribution in [2.75, 3.05) is 6.54 Å². The summed E-state index contributed by atoms with van der Waals surface area (Å²) >= 11 is 3.49. The summed E-state index contributed by atoms with van der Waals surface area (Å²) in [4.78, 5) is 0. The highest BCUT2D eigenvalue weighted by atomic mass is 79.9. The van der Waals surface area contributed by atoms with Gasteiger partial charge >= 0.3 is 0 Å². The van der Waals surface area contributed by atoms with Crippen molar-refractivity contribution in [2.24, 2.45) is 0 Å². The van der Waals surface area contributed by atoms with E-state index >= 15 is 0 Å². The van der Waals surface area contributed by atoms with E-state index in [-0.39, 0.29) is 0 Å². The summed E-state index contributed by atoms with van der Waals surface area (Å²) in [7, 11) is 0. The summed E-state index contributed by atoms with van der Waals surface area (Å²) in [6, 6.07) is 13.4. The van der Waals surface area contributed by atoms with Gasteiger partial charge in [0.1, 0.15) is 0 Å². The third kappa shape index (κ3) is 2.45. The molecule has 16 heavy (non-hydrogen) atoms.